The fourth-order valence-electron chi connectivity index (χ4n) is 2.86. The van der Waals surface area contributed by atoms with E-state index in [2.05, 4.69) is 38.2 Å². The van der Waals surface area contributed by atoms with Crippen molar-refractivity contribution in [3.8, 4) is 5.75 Å². The van der Waals surface area contributed by atoms with Crippen molar-refractivity contribution in [3.63, 3.8) is 0 Å². The van der Waals surface area contributed by atoms with Crippen molar-refractivity contribution < 1.29 is 9.53 Å². The molecule has 1 N–H and O–H groups in total. The molecule has 2 aromatic rings. The summed E-state index contributed by atoms with van der Waals surface area (Å²) >= 11 is 5.98. The molecule has 0 heterocycles. The Balaban J connectivity index is 2.09. The van der Waals surface area contributed by atoms with Gasteiger partial charge in [0.1, 0.15) is 5.75 Å². The number of halogens is 1. The van der Waals surface area contributed by atoms with Gasteiger partial charge in [0, 0.05) is 5.02 Å². The Labute approximate surface area is 155 Å². The average Bonchev–Trinajstić information content (AvgIpc) is 2.55. The zero-order valence-corrected chi connectivity index (χ0v) is 16.3. The molecule has 25 heavy (non-hydrogen) atoms. The SMILES string of the molecule is CC[C@@H](Oc1cccc(Cl)c1)C(=O)N[C@H](C)c1cc(C)c(C)cc1C. The smallest absolute Gasteiger partial charge is 0.261 e. The second-order valence-corrected chi connectivity index (χ2v) is 6.93. The number of rotatable bonds is 6. The molecule has 0 aromatic heterocycles. The Bertz CT molecular complexity index is 758. The van der Waals surface area contributed by atoms with Gasteiger partial charge in [-0.2, -0.15) is 0 Å². The first-order chi connectivity index (χ1) is 11.8. The number of carbonyl (C=O) groups is 1. The van der Waals surface area contributed by atoms with E-state index in [1.165, 1.54) is 16.7 Å². The molecule has 2 aromatic carbocycles. The molecule has 0 saturated carbocycles. The molecule has 0 radical (unpaired) electrons. The van der Waals surface area contributed by atoms with Gasteiger partial charge in [0.2, 0.25) is 0 Å². The molecule has 3 nitrogen and oxygen atoms in total. The van der Waals surface area contributed by atoms with Crippen LogP contribution in [0.15, 0.2) is 36.4 Å². The Kier molecular flexibility index (Phi) is 6.49. The lowest BCUT2D eigenvalue weighted by molar-refractivity contribution is -0.128. The van der Waals surface area contributed by atoms with E-state index in [4.69, 9.17) is 16.3 Å². The molecular weight excluding hydrogens is 334 g/mol. The summed E-state index contributed by atoms with van der Waals surface area (Å²) in [5.74, 6) is 0.483. The zero-order chi connectivity index (χ0) is 18.6. The van der Waals surface area contributed by atoms with Crippen molar-refractivity contribution in [3.05, 3.63) is 63.7 Å². The Hall–Kier alpha value is -2.00. The Morgan fingerprint density at radius 3 is 2.44 bits per heavy atom. The van der Waals surface area contributed by atoms with Gasteiger partial charge in [0.25, 0.3) is 5.91 Å². The number of aryl methyl sites for hydroxylation is 3. The molecule has 0 aliphatic rings. The van der Waals surface area contributed by atoms with Crippen molar-refractivity contribution in [2.24, 2.45) is 0 Å². The molecule has 0 aliphatic carbocycles. The first-order valence-corrected chi connectivity index (χ1v) is 9.00. The summed E-state index contributed by atoms with van der Waals surface area (Å²) in [6.45, 7) is 10.2. The predicted molar refractivity (Wildman–Crippen MR) is 103 cm³/mol. The van der Waals surface area contributed by atoms with Gasteiger partial charge < -0.3 is 10.1 Å². The molecule has 0 fully saturated rings. The maximum atomic E-state index is 12.6. The van der Waals surface area contributed by atoms with Crippen molar-refractivity contribution in [2.45, 2.75) is 53.2 Å². The van der Waals surface area contributed by atoms with Crippen molar-refractivity contribution in [1.29, 1.82) is 0 Å². The van der Waals surface area contributed by atoms with Gasteiger partial charge in [-0.3, -0.25) is 4.79 Å². The van der Waals surface area contributed by atoms with Gasteiger partial charge >= 0.3 is 0 Å². The number of nitrogens with one attached hydrogen (secondary N) is 1. The molecule has 0 spiro atoms. The lowest BCUT2D eigenvalue weighted by atomic mass is 9.96. The first kappa shape index (κ1) is 19.3. The van der Waals surface area contributed by atoms with E-state index in [0.717, 1.165) is 5.56 Å². The number of hydrogen-bond acceptors (Lipinski definition) is 2. The third-order valence-corrected chi connectivity index (χ3v) is 4.68. The molecule has 2 atom stereocenters. The van der Waals surface area contributed by atoms with Gasteiger partial charge in [-0.05, 0) is 74.6 Å². The summed E-state index contributed by atoms with van der Waals surface area (Å²) in [5.41, 5.74) is 4.80. The van der Waals surface area contributed by atoms with Gasteiger partial charge in [-0.15, -0.1) is 0 Å². The number of amides is 1. The molecule has 0 unspecified atom stereocenters. The van der Waals surface area contributed by atoms with Crippen LogP contribution in [0, 0.1) is 20.8 Å². The minimum absolute atomic E-state index is 0.0798. The monoisotopic (exact) mass is 359 g/mol. The molecule has 2 rings (SSSR count). The Morgan fingerprint density at radius 2 is 1.80 bits per heavy atom. The molecule has 1 amide bonds. The fourth-order valence-corrected chi connectivity index (χ4v) is 3.04. The maximum absolute atomic E-state index is 12.6. The van der Waals surface area contributed by atoms with Crippen molar-refractivity contribution in [2.75, 3.05) is 0 Å². The van der Waals surface area contributed by atoms with Crippen LogP contribution < -0.4 is 10.1 Å². The molecule has 0 bridgehead atoms. The summed E-state index contributed by atoms with van der Waals surface area (Å²) in [5, 5.41) is 3.66. The predicted octanol–water partition coefficient (Wildman–Crippen LogP) is 5.30. The molecule has 134 valence electrons. The lowest BCUT2D eigenvalue weighted by Gasteiger charge is -2.22. The van der Waals surface area contributed by atoms with Crippen molar-refractivity contribution >= 4 is 17.5 Å². The summed E-state index contributed by atoms with van der Waals surface area (Å²) in [7, 11) is 0. The van der Waals surface area contributed by atoms with E-state index in [0.29, 0.717) is 17.2 Å². The van der Waals surface area contributed by atoms with E-state index in [-0.39, 0.29) is 11.9 Å². The minimum atomic E-state index is -0.548. The highest BCUT2D eigenvalue weighted by Gasteiger charge is 2.21. The minimum Gasteiger partial charge on any atom is -0.481 e. The quantitative estimate of drug-likeness (QED) is 0.760. The van der Waals surface area contributed by atoms with Gasteiger partial charge in [0.05, 0.1) is 6.04 Å². The second-order valence-electron chi connectivity index (χ2n) is 6.50. The molecule has 4 heteroatoms. The topological polar surface area (TPSA) is 38.3 Å². The first-order valence-electron chi connectivity index (χ1n) is 8.62. The van der Waals surface area contributed by atoms with Crippen LogP contribution in [0.4, 0.5) is 0 Å². The highest BCUT2D eigenvalue weighted by molar-refractivity contribution is 6.30. The third kappa shape index (κ3) is 4.99. The third-order valence-electron chi connectivity index (χ3n) is 4.45. The lowest BCUT2D eigenvalue weighted by Crippen LogP contribution is -2.39. The molecule has 0 saturated heterocycles. The van der Waals surface area contributed by atoms with Crippen LogP contribution in [-0.2, 0) is 4.79 Å². The number of carbonyl (C=O) groups excluding carboxylic acids is 1. The van der Waals surface area contributed by atoms with Crippen LogP contribution in [0.3, 0.4) is 0 Å². The van der Waals surface area contributed by atoms with E-state index >= 15 is 0 Å². The van der Waals surface area contributed by atoms with Gasteiger partial charge in [0.15, 0.2) is 6.10 Å². The van der Waals surface area contributed by atoms with Gasteiger partial charge in [-0.25, -0.2) is 0 Å². The largest absolute Gasteiger partial charge is 0.481 e. The maximum Gasteiger partial charge on any atom is 0.261 e. The van der Waals surface area contributed by atoms with Crippen molar-refractivity contribution in [1.82, 2.24) is 5.32 Å². The number of ether oxygens (including phenoxy) is 1. The van der Waals surface area contributed by atoms with Crippen LogP contribution in [0.5, 0.6) is 5.75 Å². The Morgan fingerprint density at radius 1 is 1.12 bits per heavy atom. The summed E-state index contributed by atoms with van der Waals surface area (Å²) in [6.07, 6.45) is 0.0320. The van der Waals surface area contributed by atoms with E-state index in [1.807, 2.05) is 19.9 Å². The van der Waals surface area contributed by atoms with E-state index < -0.39 is 6.10 Å². The van der Waals surface area contributed by atoms with E-state index in [1.54, 1.807) is 18.2 Å². The highest BCUT2D eigenvalue weighted by Crippen LogP contribution is 2.23. The summed E-state index contributed by atoms with van der Waals surface area (Å²) in [4.78, 5) is 12.6. The van der Waals surface area contributed by atoms with Crippen LogP contribution >= 0.6 is 11.6 Å². The normalized spacial score (nSPS) is 13.2. The van der Waals surface area contributed by atoms with E-state index in [9.17, 15) is 4.79 Å². The fraction of sp³-hybridized carbons (Fsp3) is 0.381. The van der Waals surface area contributed by atoms with Crippen LogP contribution in [0.25, 0.3) is 0 Å². The molecular formula is C21H26ClNO2. The van der Waals surface area contributed by atoms with Crippen LogP contribution in [0.1, 0.15) is 48.6 Å². The standard InChI is InChI=1S/C21H26ClNO2/c1-6-20(25-18-9-7-8-17(22)12-18)21(24)23-16(5)19-11-14(3)13(2)10-15(19)4/h7-12,16,20H,6H2,1-5H3,(H,23,24)/t16-,20-/m1/s1. The average molecular weight is 360 g/mol. The second kappa shape index (κ2) is 8.39. The van der Waals surface area contributed by atoms with Gasteiger partial charge in [-0.1, -0.05) is 36.7 Å². The number of hydrogen-bond donors (Lipinski definition) is 1. The summed E-state index contributed by atoms with van der Waals surface area (Å²) < 4.78 is 5.82. The zero-order valence-electron chi connectivity index (χ0n) is 15.5. The van der Waals surface area contributed by atoms with Crippen LogP contribution in [-0.4, -0.2) is 12.0 Å². The number of benzene rings is 2. The summed E-state index contributed by atoms with van der Waals surface area (Å²) in [6, 6.07) is 11.3. The molecule has 0 aliphatic heterocycles. The van der Waals surface area contributed by atoms with Crippen LogP contribution in [0.2, 0.25) is 5.02 Å². The highest BCUT2D eigenvalue weighted by atomic mass is 35.5.